The van der Waals surface area contributed by atoms with E-state index in [-0.39, 0.29) is 12.3 Å². The summed E-state index contributed by atoms with van der Waals surface area (Å²) in [6.45, 7) is -6.51. The van der Waals surface area contributed by atoms with Crippen LogP contribution in [0.1, 0.15) is 86.1 Å². The Hall–Kier alpha value is -0.690. The van der Waals surface area contributed by atoms with E-state index in [9.17, 15) is 4.79 Å². The van der Waals surface area contributed by atoms with Crippen LogP contribution in [0.3, 0.4) is 0 Å². The molecule has 0 radical (unpaired) electrons. The van der Waals surface area contributed by atoms with Gasteiger partial charge >= 0.3 is 0 Å². The van der Waals surface area contributed by atoms with E-state index < -0.39 is 43.3 Å². The van der Waals surface area contributed by atoms with Crippen molar-refractivity contribution in [3.8, 4) is 0 Å². The van der Waals surface area contributed by atoms with E-state index in [4.69, 9.17) is 28.5 Å². The number of amides is 1. The standard InChI is InChI=1S/C22H36N2O4/c1-20(2,23)13-24-19(25)12-14-3-5-21(6-4-14)26-22(28-27-21)17-8-15-7-16(10-17)11-18(22)9-15/h14-18H,3-13,23H2,1-2H3,(H,24,25)/i1D3,2D3. The van der Waals surface area contributed by atoms with Crippen molar-refractivity contribution in [1.82, 2.24) is 5.32 Å². The molecule has 6 fully saturated rings. The first-order valence-corrected chi connectivity index (χ1v) is 10.9. The highest BCUT2D eigenvalue weighted by Gasteiger charge is 2.66. The molecule has 6 rings (SSSR count). The lowest BCUT2D eigenvalue weighted by molar-refractivity contribution is -0.390. The summed E-state index contributed by atoms with van der Waals surface area (Å²) in [6, 6.07) is 0. The van der Waals surface area contributed by atoms with Gasteiger partial charge < -0.3 is 15.8 Å². The van der Waals surface area contributed by atoms with Gasteiger partial charge in [0.25, 0.3) is 0 Å². The lowest BCUT2D eigenvalue weighted by atomic mass is 9.53. The largest absolute Gasteiger partial charge is 0.354 e. The van der Waals surface area contributed by atoms with E-state index >= 15 is 0 Å². The van der Waals surface area contributed by atoms with E-state index in [1.807, 2.05) is 0 Å². The molecule has 1 amide bonds. The molecule has 1 saturated heterocycles. The number of hydrogen-bond donors (Lipinski definition) is 2. The van der Waals surface area contributed by atoms with Gasteiger partial charge in [0.15, 0.2) is 0 Å². The molecule has 6 nitrogen and oxygen atoms in total. The predicted octanol–water partition coefficient (Wildman–Crippen LogP) is 3.25. The number of carbonyl (C=O) groups is 1. The smallest absolute Gasteiger partial charge is 0.220 e. The number of nitrogens with one attached hydrogen (secondary N) is 1. The number of ether oxygens (including phenoxy) is 1. The molecule has 1 heterocycles. The van der Waals surface area contributed by atoms with Crippen molar-refractivity contribution in [1.29, 1.82) is 0 Å². The van der Waals surface area contributed by atoms with Crippen LogP contribution in [0.5, 0.6) is 0 Å². The summed E-state index contributed by atoms with van der Waals surface area (Å²) >= 11 is 0. The molecule has 4 bridgehead atoms. The third-order valence-electron chi connectivity index (χ3n) is 7.85. The molecule has 158 valence electrons. The summed E-state index contributed by atoms with van der Waals surface area (Å²) in [7, 11) is 0. The molecule has 2 spiro atoms. The maximum atomic E-state index is 12.5. The average molecular weight is 399 g/mol. The second kappa shape index (κ2) is 6.66. The summed E-state index contributed by atoms with van der Waals surface area (Å²) in [6.07, 6.45) is 8.83. The average Bonchev–Trinajstić information content (AvgIpc) is 3.10. The Labute approximate surface area is 176 Å². The molecular weight excluding hydrogens is 356 g/mol. The van der Waals surface area contributed by atoms with Gasteiger partial charge in [-0.2, -0.15) is 9.78 Å². The molecule has 3 N–H and O–H groups in total. The molecule has 0 aromatic carbocycles. The molecular formula is C22H36N2O4. The fraction of sp³-hybridized carbons (Fsp3) is 0.955. The molecule has 5 aliphatic carbocycles. The molecule has 1 aliphatic heterocycles. The zero-order chi connectivity index (χ0) is 24.6. The molecule has 6 aliphatic rings. The highest BCUT2D eigenvalue weighted by molar-refractivity contribution is 5.76. The monoisotopic (exact) mass is 398 g/mol. The second-order valence-electron chi connectivity index (χ2n) is 10.1. The van der Waals surface area contributed by atoms with Gasteiger partial charge in [0.1, 0.15) is 0 Å². The normalized spacial score (nSPS) is 51.2. The predicted molar refractivity (Wildman–Crippen MR) is 104 cm³/mol. The first kappa shape index (κ1) is 13.6. The van der Waals surface area contributed by atoms with Gasteiger partial charge in [0, 0.05) is 51.4 Å². The van der Waals surface area contributed by atoms with Crippen molar-refractivity contribution in [2.75, 3.05) is 6.54 Å². The molecule has 6 heteroatoms. The fourth-order valence-corrected chi connectivity index (χ4v) is 6.69. The zero-order valence-corrected chi connectivity index (χ0v) is 16.4. The summed E-state index contributed by atoms with van der Waals surface area (Å²) in [5.74, 6) is 0.721. The molecule has 0 aromatic rings. The first-order chi connectivity index (χ1) is 15.8. The van der Waals surface area contributed by atoms with Crippen molar-refractivity contribution >= 4 is 5.91 Å². The van der Waals surface area contributed by atoms with Gasteiger partial charge in [-0.1, -0.05) is 0 Å². The Bertz CT molecular complexity index is 766. The Morgan fingerprint density at radius 2 is 1.75 bits per heavy atom. The van der Waals surface area contributed by atoms with Gasteiger partial charge in [0.05, 0.1) is 0 Å². The summed E-state index contributed by atoms with van der Waals surface area (Å²) in [5, 5.41) is 2.46. The topological polar surface area (TPSA) is 82.8 Å². The lowest BCUT2D eigenvalue weighted by Crippen LogP contribution is -2.59. The van der Waals surface area contributed by atoms with E-state index in [0.29, 0.717) is 37.5 Å². The number of nitrogens with two attached hydrogens (primary N) is 1. The fourth-order valence-electron chi connectivity index (χ4n) is 6.69. The van der Waals surface area contributed by atoms with E-state index in [1.165, 1.54) is 6.42 Å². The quantitative estimate of drug-likeness (QED) is 0.710. The SMILES string of the molecule is [2H]C([2H])([2H])C(N)(CNC(=O)CC1CCC2(CC1)OOC1(O2)C2CC3CC(C2)CC1C3)C([2H])([2H])[2H]. The Morgan fingerprint density at radius 1 is 1.11 bits per heavy atom. The van der Waals surface area contributed by atoms with Crippen molar-refractivity contribution in [3.63, 3.8) is 0 Å². The van der Waals surface area contributed by atoms with Gasteiger partial charge in [-0.05, 0) is 76.4 Å². The van der Waals surface area contributed by atoms with Crippen molar-refractivity contribution in [3.05, 3.63) is 0 Å². The minimum Gasteiger partial charge on any atom is -0.354 e. The molecule has 0 aromatic heterocycles. The minimum atomic E-state index is -2.94. The molecule has 28 heavy (non-hydrogen) atoms. The Kier molecular flexibility index (Phi) is 3.23. The van der Waals surface area contributed by atoms with Gasteiger partial charge in [-0.3, -0.25) is 4.79 Å². The van der Waals surface area contributed by atoms with Crippen LogP contribution in [0.4, 0.5) is 0 Å². The van der Waals surface area contributed by atoms with Crippen LogP contribution in [0.2, 0.25) is 0 Å². The first-order valence-electron chi connectivity index (χ1n) is 13.9. The van der Waals surface area contributed by atoms with Crippen molar-refractivity contribution < 1.29 is 27.5 Å². The van der Waals surface area contributed by atoms with Gasteiger partial charge in [-0.15, -0.1) is 0 Å². The lowest BCUT2D eigenvalue weighted by Gasteiger charge is -2.57. The van der Waals surface area contributed by atoms with Gasteiger partial charge in [-0.25, -0.2) is 0 Å². The Morgan fingerprint density at radius 3 is 2.36 bits per heavy atom. The van der Waals surface area contributed by atoms with Crippen LogP contribution < -0.4 is 11.1 Å². The third-order valence-corrected chi connectivity index (χ3v) is 7.85. The summed E-state index contributed by atoms with van der Waals surface area (Å²) in [4.78, 5) is 24.5. The van der Waals surface area contributed by atoms with Crippen LogP contribution in [-0.4, -0.2) is 29.6 Å². The van der Waals surface area contributed by atoms with E-state index in [1.54, 1.807) is 0 Å². The minimum absolute atomic E-state index is 0.0700. The summed E-state index contributed by atoms with van der Waals surface area (Å²) < 4.78 is 51.9. The molecule has 5 saturated carbocycles. The highest BCUT2D eigenvalue weighted by atomic mass is 17.3. The van der Waals surface area contributed by atoms with Crippen molar-refractivity contribution in [2.45, 2.75) is 95.0 Å². The van der Waals surface area contributed by atoms with Crippen LogP contribution in [0.25, 0.3) is 0 Å². The maximum absolute atomic E-state index is 12.5. The number of rotatable bonds is 4. The van der Waals surface area contributed by atoms with Crippen LogP contribution in [0.15, 0.2) is 0 Å². The van der Waals surface area contributed by atoms with E-state index in [0.717, 1.165) is 37.5 Å². The third kappa shape index (κ3) is 3.40. The highest BCUT2D eigenvalue weighted by Crippen LogP contribution is 2.63. The number of hydrogen-bond acceptors (Lipinski definition) is 5. The van der Waals surface area contributed by atoms with Gasteiger partial charge in [0.2, 0.25) is 17.5 Å². The summed E-state index contributed by atoms with van der Waals surface area (Å²) in [5.41, 5.74) is 3.25. The second-order valence-corrected chi connectivity index (χ2v) is 10.1. The van der Waals surface area contributed by atoms with Crippen LogP contribution in [0, 0.1) is 29.6 Å². The van der Waals surface area contributed by atoms with Crippen LogP contribution >= 0.6 is 0 Å². The molecule has 0 unspecified atom stereocenters. The maximum Gasteiger partial charge on any atom is 0.220 e. The van der Waals surface area contributed by atoms with Crippen molar-refractivity contribution in [2.24, 2.45) is 35.3 Å². The molecule has 0 atom stereocenters. The zero-order valence-electron chi connectivity index (χ0n) is 22.4. The van der Waals surface area contributed by atoms with E-state index in [2.05, 4.69) is 5.32 Å². The van der Waals surface area contributed by atoms with Crippen LogP contribution in [-0.2, 0) is 19.3 Å². The Balaban J connectivity index is 1.13. The number of carbonyl (C=O) groups excluding carboxylic acids is 1.